The second-order valence-electron chi connectivity index (χ2n) is 6.65. The number of anilines is 1. The van der Waals surface area contributed by atoms with Crippen molar-refractivity contribution in [3.8, 4) is 11.5 Å². The zero-order valence-corrected chi connectivity index (χ0v) is 18.8. The molecular formula is C22H21ClN2O5S. The SMILES string of the molecule is CCOc1c(Cl)cc(C=C2SC(=O)N(CC(=O)Nc3cccc(C)c3)C2=O)cc1OC. The molecule has 0 atom stereocenters. The van der Waals surface area contributed by atoms with Gasteiger partial charge in [0.15, 0.2) is 11.5 Å². The number of carbonyl (C=O) groups is 3. The summed E-state index contributed by atoms with van der Waals surface area (Å²) in [5, 5.41) is 2.50. The van der Waals surface area contributed by atoms with E-state index in [9.17, 15) is 14.4 Å². The first-order valence-electron chi connectivity index (χ1n) is 9.44. The van der Waals surface area contributed by atoms with Crippen LogP contribution in [-0.2, 0) is 9.59 Å². The second-order valence-corrected chi connectivity index (χ2v) is 8.05. The molecule has 1 N–H and O–H groups in total. The number of hydrogen-bond donors (Lipinski definition) is 1. The van der Waals surface area contributed by atoms with Crippen molar-refractivity contribution in [3.63, 3.8) is 0 Å². The van der Waals surface area contributed by atoms with E-state index in [-0.39, 0.29) is 11.4 Å². The molecule has 2 aromatic carbocycles. The summed E-state index contributed by atoms with van der Waals surface area (Å²) in [6, 6.07) is 10.5. The number of benzene rings is 2. The number of rotatable bonds is 7. The highest BCUT2D eigenvalue weighted by Crippen LogP contribution is 2.38. The predicted octanol–water partition coefficient (Wildman–Crippen LogP) is 4.73. The number of hydrogen-bond acceptors (Lipinski definition) is 6. The van der Waals surface area contributed by atoms with E-state index in [1.807, 2.05) is 26.0 Å². The molecule has 1 fully saturated rings. The summed E-state index contributed by atoms with van der Waals surface area (Å²) in [7, 11) is 1.48. The van der Waals surface area contributed by atoms with Crippen molar-refractivity contribution in [1.29, 1.82) is 0 Å². The number of nitrogens with zero attached hydrogens (tertiary/aromatic N) is 1. The molecule has 3 amide bonds. The van der Waals surface area contributed by atoms with Gasteiger partial charge in [-0.05, 0) is 67.1 Å². The Morgan fingerprint density at radius 3 is 2.71 bits per heavy atom. The van der Waals surface area contributed by atoms with Crippen molar-refractivity contribution < 1.29 is 23.9 Å². The Hall–Kier alpha value is -2.97. The van der Waals surface area contributed by atoms with Gasteiger partial charge in [-0.15, -0.1) is 0 Å². The maximum atomic E-state index is 12.7. The number of nitrogens with one attached hydrogen (secondary N) is 1. The molecule has 0 radical (unpaired) electrons. The van der Waals surface area contributed by atoms with Gasteiger partial charge in [0.2, 0.25) is 5.91 Å². The maximum Gasteiger partial charge on any atom is 0.294 e. The van der Waals surface area contributed by atoms with E-state index < -0.39 is 17.1 Å². The van der Waals surface area contributed by atoms with Gasteiger partial charge in [-0.1, -0.05) is 23.7 Å². The van der Waals surface area contributed by atoms with Crippen molar-refractivity contribution in [3.05, 3.63) is 57.5 Å². The van der Waals surface area contributed by atoms with Crippen molar-refractivity contribution in [1.82, 2.24) is 4.90 Å². The highest BCUT2D eigenvalue weighted by Gasteiger charge is 2.36. The molecule has 162 valence electrons. The molecule has 0 spiro atoms. The summed E-state index contributed by atoms with van der Waals surface area (Å²) in [5.41, 5.74) is 2.15. The van der Waals surface area contributed by atoms with Gasteiger partial charge < -0.3 is 14.8 Å². The van der Waals surface area contributed by atoms with Crippen LogP contribution in [0.25, 0.3) is 6.08 Å². The minimum absolute atomic E-state index is 0.190. The summed E-state index contributed by atoms with van der Waals surface area (Å²) in [4.78, 5) is 38.5. The fraction of sp³-hybridized carbons (Fsp3) is 0.227. The minimum atomic E-state index is -0.543. The average Bonchev–Trinajstić information content (AvgIpc) is 2.97. The first-order valence-corrected chi connectivity index (χ1v) is 10.6. The van der Waals surface area contributed by atoms with Crippen molar-refractivity contribution in [2.45, 2.75) is 13.8 Å². The fourth-order valence-corrected chi connectivity index (χ4v) is 4.07. The minimum Gasteiger partial charge on any atom is -0.493 e. The topological polar surface area (TPSA) is 84.9 Å². The molecule has 7 nitrogen and oxygen atoms in total. The molecule has 1 heterocycles. The van der Waals surface area contributed by atoms with E-state index >= 15 is 0 Å². The number of ether oxygens (including phenoxy) is 2. The van der Waals surface area contributed by atoms with E-state index in [4.69, 9.17) is 21.1 Å². The Morgan fingerprint density at radius 2 is 2.03 bits per heavy atom. The third kappa shape index (κ3) is 5.39. The van der Waals surface area contributed by atoms with Crippen LogP contribution in [0, 0.1) is 6.92 Å². The Balaban J connectivity index is 1.76. The van der Waals surface area contributed by atoms with Crippen LogP contribution in [0.5, 0.6) is 11.5 Å². The van der Waals surface area contributed by atoms with Gasteiger partial charge in [0.25, 0.3) is 11.1 Å². The molecule has 1 aliphatic rings. The van der Waals surface area contributed by atoms with Crippen LogP contribution < -0.4 is 14.8 Å². The zero-order chi connectivity index (χ0) is 22.5. The van der Waals surface area contributed by atoms with E-state index in [2.05, 4.69) is 5.32 Å². The summed E-state index contributed by atoms with van der Waals surface area (Å²) in [6.45, 7) is 3.77. The lowest BCUT2D eigenvalue weighted by molar-refractivity contribution is -0.127. The molecule has 0 aromatic heterocycles. The van der Waals surface area contributed by atoms with Crippen LogP contribution in [0.15, 0.2) is 41.3 Å². The summed E-state index contributed by atoms with van der Waals surface area (Å²) in [5.74, 6) is -0.180. The quantitative estimate of drug-likeness (QED) is 0.601. The van der Waals surface area contributed by atoms with E-state index in [0.717, 1.165) is 22.2 Å². The molecule has 0 bridgehead atoms. The number of aryl methyl sites for hydroxylation is 1. The maximum absolute atomic E-state index is 12.7. The van der Waals surface area contributed by atoms with Crippen molar-refractivity contribution in [2.24, 2.45) is 0 Å². The lowest BCUT2D eigenvalue weighted by Crippen LogP contribution is -2.36. The van der Waals surface area contributed by atoms with Crippen molar-refractivity contribution >= 4 is 52.2 Å². The average molecular weight is 461 g/mol. The Kier molecular flexibility index (Phi) is 7.25. The Labute approximate surface area is 189 Å². The van der Waals surface area contributed by atoms with Crippen LogP contribution >= 0.6 is 23.4 Å². The standard InChI is InChI=1S/C22H21ClN2O5S/c1-4-30-20-16(23)9-14(10-17(20)29-3)11-18-21(27)25(22(28)31-18)12-19(26)24-15-7-5-6-13(2)8-15/h5-11H,4,12H2,1-3H3,(H,24,26). The molecule has 0 saturated carbocycles. The Morgan fingerprint density at radius 1 is 1.26 bits per heavy atom. The molecule has 1 saturated heterocycles. The number of thioether (sulfide) groups is 1. The summed E-state index contributed by atoms with van der Waals surface area (Å²) in [6.07, 6.45) is 1.54. The third-order valence-electron chi connectivity index (χ3n) is 4.32. The van der Waals surface area contributed by atoms with Gasteiger partial charge in [-0.2, -0.15) is 0 Å². The van der Waals surface area contributed by atoms with Gasteiger partial charge in [0.05, 0.1) is 23.6 Å². The molecule has 0 aliphatic carbocycles. The fourth-order valence-electron chi connectivity index (χ4n) is 2.96. The van der Waals surface area contributed by atoms with Crippen molar-refractivity contribution in [2.75, 3.05) is 25.6 Å². The number of carbonyl (C=O) groups excluding carboxylic acids is 3. The summed E-state index contributed by atoms with van der Waals surface area (Å²) >= 11 is 7.04. The highest BCUT2D eigenvalue weighted by molar-refractivity contribution is 8.18. The van der Waals surface area contributed by atoms with Gasteiger partial charge in [-0.25, -0.2) is 0 Å². The van der Waals surface area contributed by atoms with Crippen LogP contribution in [-0.4, -0.2) is 42.2 Å². The first kappa shape index (κ1) is 22.7. The van der Waals surface area contributed by atoms with Gasteiger partial charge in [-0.3, -0.25) is 19.3 Å². The van der Waals surface area contributed by atoms with E-state index in [0.29, 0.717) is 34.4 Å². The lowest BCUT2D eigenvalue weighted by atomic mass is 10.1. The molecule has 0 unspecified atom stereocenters. The Bertz CT molecular complexity index is 1070. The number of methoxy groups -OCH3 is 1. The van der Waals surface area contributed by atoms with Crippen LogP contribution in [0.4, 0.5) is 10.5 Å². The predicted molar refractivity (Wildman–Crippen MR) is 122 cm³/mol. The van der Waals surface area contributed by atoms with Crippen LogP contribution in [0.3, 0.4) is 0 Å². The van der Waals surface area contributed by atoms with Gasteiger partial charge in [0, 0.05) is 5.69 Å². The monoisotopic (exact) mass is 460 g/mol. The van der Waals surface area contributed by atoms with Gasteiger partial charge in [0.1, 0.15) is 6.54 Å². The lowest BCUT2D eigenvalue weighted by Gasteiger charge is -2.13. The number of amides is 3. The molecule has 31 heavy (non-hydrogen) atoms. The van der Waals surface area contributed by atoms with Crippen LogP contribution in [0.1, 0.15) is 18.1 Å². The van der Waals surface area contributed by atoms with Crippen LogP contribution in [0.2, 0.25) is 5.02 Å². The largest absolute Gasteiger partial charge is 0.493 e. The smallest absolute Gasteiger partial charge is 0.294 e. The van der Waals surface area contributed by atoms with E-state index in [1.165, 1.54) is 13.2 Å². The number of halogens is 1. The first-order chi connectivity index (χ1) is 14.8. The zero-order valence-electron chi connectivity index (χ0n) is 17.2. The molecule has 1 aliphatic heterocycles. The third-order valence-corrected chi connectivity index (χ3v) is 5.50. The molecular weight excluding hydrogens is 440 g/mol. The van der Waals surface area contributed by atoms with E-state index in [1.54, 1.807) is 24.3 Å². The molecule has 9 heteroatoms. The summed E-state index contributed by atoms with van der Waals surface area (Å²) < 4.78 is 10.8. The molecule has 3 rings (SSSR count). The van der Waals surface area contributed by atoms with Gasteiger partial charge >= 0.3 is 0 Å². The highest BCUT2D eigenvalue weighted by atomic mass is 35.5. The normalized spacial score (nSPS) is 14.8. The number of imide groups is 1. The second kappa shape index (κ2) is 9.89. The molecule has 2 aromatic rings.